The number of para-hydroxylation sites is 1. The number of carboxylic acids is 1. The van der Waals surface area contributed by atoms with Crippen LogP contribution in [0.5, 0.6) is 0 Å². The molecule has 2 aromatic rings. The molecule has 104 valence electrons. The van der Waals surface area contributed by atoms with Gasteiger partial charge in [0.2, 0.25) is 0 Å². The van der Waals surface area contributed by atoms with E-state index >= 15 is 0 Å². The van der Waals surface area contributed by atoms with Crippen molar-refractivity contribution in [3.8, 4) is 0 Å². The fourth-order valence-electron chi connectivity index (χ4n) is 1.77. The van der Waals surface area contributed by atoms with Crippen molar-refractivity contribution in [1.29, 1.82) is 0 Å². The SMILES string of the molecule is O=C(O)CCCNC(=O)c1ccc2cccc(F)c2n1. The molecule has 0 saturated carbocycles. The third-order valence-electron chi connectivity index (χ3n) is 2.76. The summed E-state index contributed by atoms with van der Waals surface area (Å²) in [7, 11) is 0. The minimum Gasteiger partial charge on any atom is -0.481 e. The number of rotatable bonds is 5. The van der Waals surface area contributed by atoms with Gasteiger partial charge in [-0.25, -0.2) is 9.37 Å². The van der Waals surface area contributed by atoms with Crippen molar-refractivity contribution in [3.05, 3.63) is 41.8 Å². The van der Waals surface area contributed by atoms with Gasteiger partial charge in [-0.3, -0.25) is 9.59 Å². The van der Waals surface area contributed by atoms with E-state index in [1.807, 2.05) is 0 Å². The average molecular weight is 276 g/mol. The van der Waals surface area contributed by atoms with Gasteiger partial charge >= 0.3 is 5.97 Å². The summed E-state index contributed by atoms with van der Waals surface area (Å²) in [5.74, 6) is -1.84. The first-order valence-electron chi connectivity index (χ1n) is 6.13. The molecule has 20 heavy (non-hydrogen) atoms. The van der Waals surface area contributed by atoms with Gasteiger partial charge in [-0.15, -0.1) is 0 Å². The lowest BCUT2D eigenvalue weighted by molar-refractivity contribution is -0.137. The number of aliphatic carboxylic acids is 1. The number of aromatic nitrogens is 1. The molecule has 0 aliphatic rings. The number of nitrogens with one attached hydrogen (secondary N) is 1. The van der Waals surface area contributed by atoms with Crippen molar-refractivity contribution in [2.24, 2.45) is 0 Å². The van der Waals surface area contributed by atoms with Crippen LogP contribution in [0.3, 0.4) is 0 Å². The minimum absolute atomic E-state index is 0.0138. The summed E-state index contributed by atoms with van der Waals surface area (Å²) in [6.45, 7) is 0.238. The first kappa shape index (κ1) is 13.9. The fourth-order valence-corrected chi connectivity index (χ4v) is 1.77. The molecule has 1 aromatic heterocycles. The number of carbonyl (C=O) groups is 2. The van der Waals surface area contributed by atoms with E-state index in [1.165, 1.54) is 12.1 Å². The Bertz CT molecular complexity index is 658. The Hall–Kier alpha value is -2.50. The zero-order valence-electron chi connectivity index (χ0n) is 10.6. The molecule has 0 atom stereocenters. The van der Waals surface area contributed by atoms with Gasteiger partial charge in [0, 0.05) is 18.4 Å². The van der Waals surface area contributed by atoms with Crippen molar-refractivity contribution in [3.63, 3.8) is 0 Å². The molecule has 0 saturated heterocycles. The first-order chi connectivity index (χ1) is 9.58. The van der Waals surface area contributed by atoms with E-state index in [9.17, 15) is 14.0 Å². The Morgan fingerprint density at radius 2 is 2.05 bits per heavy atom. The molecule has 2 rings (SSSR count). The molecule has 0 unspecified atom stereocenters. The van der Waals surface area contributed by atoms with E-state index in [4.69, 9.17) is 5.11 Å². The third-order valence-corrected chi connectivity index (χ3v) is 2.76. The fraction of sp³-hybridized carbons (Fsp3) is 0.214. The van der Waals surface area contributed by atoms with Gasteiger partial charge in [-0.05, 0) is 18.6 Å². The van der Waals surface area contributed by atoms with Gasteiger partial charge in [0.15, 0.2) is 0 Å². The van der Waals surface area contributed by atoms with E-state index in [-0.39, 0.29) is 24.2 Å². The molecular weight excluding hydrogens is 263 g/mol. The number of nitrogens with zero attached hydrogens (tertiary/aromatic N) is 1. The highest BCUT2D eigenvalue weighted by Crippen LogP contribution is 2.15. The standard InChI is InChI=1S/C14H13FN2O3/c15-10-4-1-3-9-6-7-11(17-13(9)10)14(20)16-8-2-5-12(18)19/h1,3-4,6-7H,2,5,8H2,(H,16,20)(H,18,19). The number of fused-ring (bicyclic) bond motifs is 1. The van der Waals surface area contributed by atoms with Gasteiger partial charge in [0.25, 0.3) is 5.91 Å². The number of carbonyl (C=O) groups excluding carboxylic acids is 1. The Kier molecular flexibility index (Phi) is 4.24. The summed E-state index contributed by atoms with van der Waals surface area (Å²) in [6, 6.07) is 7.70. The molecule has 5 nitrogen and oxygen atoms in total. The van der Waals surface area contributed by atoms with E-state index < -0.39 is 17.7 Å². The molecule has 6 heteroatoms. The molecule has 0 radical (unpaired) electrons. The van der Waals surface area contributed by atoms with Crippen LogP contribution < -0.4 is 5.32 Å². The van der Waals surface area contributed by atoms with Crippen molar-refractivity contribution in [2.75, 3.05) is 6.54 Å². The maximum Gasteiger partial charge on any atom is 0.303 e. The van der Waals surface area contributed by atoms with Crippen LogP contribution in [0.25, 0.3) is 10.9 Å². The summed E-state index contributed by atoms with van der Waals surface area (Å²) in [5, 5.41) is 11.6. The van der Waals surface area contributed by atoms with Crippen LogP contribution in [0.2, 0.25) is 0 Å². The second-order valence-electron chi connectivity index (χ2n) is 4.26. The third kappa shape index (κ3) is 3.28. The van der Waals surface area contributed by atoms with Crippen LogP contribution in [0.1, 0.15) is 23.3 Å². The van der Waals surface area contributed by atoms with Crippen molar-refractivity contribution in [1.82, 2.24) is 10.3 Å². The molecule has 2 N–H and O–H groups in total. The van der Waals surface area contributed by atoms with Crippen LogP contribution in [-0.2, 0) is 4.79 Å². The Morgan fingerprint density at radius 1 is 1.25 bits per heavy atom. The Labute approximate surface area is 114 Å². The van der Waals surface area contributed by atoms with Gasteiger partial charge < -0.3 is 10.4 Å². The molecule has 0 aliphatic carbocycles. The Morgan fingerprint density at radius 3 is 2.80 bits per heavy atom. The number of hydrogen-bond donors (Lipinski definition) is 2. The number of benzene rings is 1. The van der Waals surface area contributed by atoms with Crippen molar-refractivity contribution in [2.45, 2.75) is 12.8 Å². The lowest BCUT2D eigenvalue weighted by atomic mass is 10.2. The van der Waals surface area contributed by atoms with E-state index in [2.05, 4.69) is 10.3 Å². The summed E-state index contributed by atoms with van der Waals surface area (Å²) < 4.78 is 13.6. The van der Waals surface area contributed by atoms with Crippen LogP contribution >= 0.6 is 0 Å². The van der Waals surface area contributed by atoms with Crippen LogP contribution in [0.15, 0.2) is 30.3 Å². The average Bonchev–Trinajstić information content (AvgIpc) is 2.43. The van der Waals surface area contributed by atoms with E-state index in [0.29, 0.717) is 11.8 Å². The molecule has 0 bridgehead atoms. The number of pyridine rings is 1. The van der Waals surface area contributed by atoms with Gasteiger partial charge in [0.1, 0.15) is 17.0 Å². The second-order valence-corrected chi connectivity index (χ2v) is 4.26. The number of hydrogen-bond acceptors (Lipinski definition) is 3. The predicted octanol–water partition coefficient (Wildman–Crippen LogP) is 1.97. The van der Waals surface area contributed by atoms with E-state index in [0.717, 1.165) is 0 Å². The van der Waals surface area contributed by atoms with Crippen LogP contribution in [0.4, 0.5) is 4.39 Å². The molecule has 1 aromatic carbocycles. The minimum atomic E-state index is -0.912. The summed E-state index contributed by atoms with van der Waals surface area (Å²) in [4.78, 5) is 26.1. The Balaban J connectivity index is 2.07. The van der Waals surface area contributed by atoms with E-state index in [1.54, 1.807) is 18.2 Å². The maximum absolute atomic E-state index is 13.6. The van der Waals surface area contributed by atoms with Crippen molar-refractivity contribution < 1.29 is 19.1 Å². The number of halogens is 1. The van der Waals surface area contributed by atoms with Crippen LogP contribution in [-0.4, -0.2) is 28.5 Å². The zero-order valence-corrected chi connectivity index (χ0v) is 10.6. The number of amides is 1. The smallest absolute Gasteiger partial charge is 0.303 e. The molecule has 1 amide bonds. The second kappa shape index (κ2) is 6.10. The molecular formula is C14H13FN2O3. The molecule has 0 aliphatic heterocycles. The largest absolute Gasteiger partial charge is 0.481 e. The highest BCUT2D eigenvalue weighted by Gasteiger charge is 2.09. The topological polar surface area (TPSA) is 79.3 Å². The molecule has 1 heterocycles. The van der Waals surface area contributed by atoms with Crippen LogP contribution in [0, 0.1) is 5.82 Å². The quantitative estimate of drug-likeness (QED) is 0.818. The normalized spacial score (nSPS) is 10.4. The first-order valence-corrected chi connectivity index (χ1v) is 6.13. The highest BCUT2D eigenvalue weighted by atomic mass is 19.1. The predicted molar refractivity (Wildman–Crippen MR) is 70.9 cm³/mol. The summed E-state index contributed by atoms with van der Waals surface area (Å²) in [6.07, 6.45) is 0.322. The lowest BCUT2D eigenvalue weighted by Gasteiger charge is -2.05. The highest BCUT2D eigenvalue weighted by molar-refractivity contribution is 5.94. The van der Waals surface area contributed by atoms with Gasteiger partial charge in [0.05, 0.1) is 0 Å². The zero-order chi connectivity index (χ0) is 14.5. The maximum atomic E-state index is 13.6. The van der Waals surface area contributed by atoms with Gasteiger partial charge in [-0.2, -0.15) is 0 Å². The number of carboxylic acid groups (broad SMARTS) is 1. The lowest BCUT2D eigenvalue weighted by Crippen LogP contribution is -2.25. The van der Waals surface area contributed by atoms with Gasteiger partial charge in [-0.1, -0.05) is 18.2 Å². The van der Waals surface area contributed by atoms with Crippen molar-refractivity contribution >= 4 is 22.8 Å². The molecule has 0 spiro atoms. The summed E-state index contributed by atoms with van der Waals surface area (Å²) in [5.41, 5.74) is 0.253. The summed E-state index contributed by atoms with van der Waals surface area (Å²) >= 11 is 0. The molecule has 0 fully saturated rings. The monoisotopic (exact) mass is 276 g/mol.